The molecule has 0 radical (unpaired) electrons. The maximum Gasteiger partial charge on any atom is 0.157 e. The molecule has 0 rings (SSSR count). The molecule has 2 heteroatoms. The second kappa shape index (κ2) is 3.40. The Hall–Kier alpha value is -0.790. The third-order valence-electron chi connectivity index (χ3n) is 1.38. The molecule has 2 N–H and O–H groups in total. The van der Waals surface area contributed by atoms with E-state index in [0.29, 0.717) is 5.70 Å². The number of hydrogen-bond donors (Lipinski definition) is 1. The summed E-state index contributed by atoms with van der Waals surface area (Å²) < 4.78 is 0. The summed E-state index contributed by atoms with van der Waals surface area (Å²) in [6.07, 6.45) is 0. The van der Waals surface area contributed by atoms with Gasteiger partial charge in [-0.05, 0) is 19.8 Å². The Morgan fingerprint density at radius 1 is 1.30 bits per heavy atom. The van der Waals surface area contributed by atoms with Crippen molar-refractivity contribution in [2.75, 3.05) is 0 Å². The Labute approximate surface area is 62.1 Å². The van der Waals surface area contributed by atoms with Crippen molar-refractivity contribution in [3.63, 3.8) is 0 Å². The predicted molar refractivity (Wildman–Crippen MR) is 42.4 cm³/mol. The number of carbonyl (C=O) groups is 1. The van der Waals surface area contributed by atoms with Gasteiger partial charge in [-0.3, -0.25) is 4.79 Å². The lowest BCUT2D eigenvalue weighted by Crippen LogP contribution is -2.11. The van der Waals surface area contributed by atoms with E-state index in [1.807, 2.05) is 13.8 Å². The second-order valence-corrected chi connectivity index (χ2v) is 2.81. The third-order valence-corrected chi connectivity index (χ3v) is 1.38. The molecule has 0 aliphatic heterocycles. The fourth-order valence-electron chi connectivity index (χ4n) is 1.14. The lowest BCUT2D eigenvalue weighted by atomic mass is 9.98. The lowest BCUT2D eigenvalue weighted by Gasteiger charge is -2.08. The molecule has 0 heterocycles. The molecule has 0 amide bonds. The molecule has 0 unspecified atom stereocenters. The van der Waals surface area contributed by atoms with Gasteiger partial charge in [0.25, 0.3) is 0 Å². The molecule has 0 fully saturated rings. The van der Waals surface area contributed by atoms with Crippen LogP contribution >= 0.6 is 0 Å². The Balaban J connectivity index is 4.61. The quantitative estimate of drug-likeness (QED) is 0.592. The molecule has 58 valence electrons. The summed E-state index contributed by atoms with van der Waals surface area (Å²) in [6.45, 7) is 7.24. The van der Waals surface area contributed by atoms with Gasteiger partial charge in [0.05, 0.1) is 0 Å². The van der Waals surface area contributed by atoms with Crippen molar-refractivity contribution in [2.45, 2.75) is 27.7 Å². The van der Waals surface area contributed by atoms with E-state index in [4.69, 9.17) is 5.73 Å². The molecule has 0 aromatic rings. The first-order chi connectivity index (χ1) is 4.46. The molecule has 10 heavy (non-hydrogen) atoms. The van der Waals surface area contributed by atoms with Crippen LogP contribution in [0.2, 0.25) is 0 Å². The summed E-state index contributed by atoms with van der Waals surface area (Å²) in [4.78, 5) is 10.9. The third kappa shape index (κ3) is 2.21. The van der Waals surface area contributed by atoms with Crippen LogP contribution in [0.5, 0.6) is 0 Å². The number of nitrogens with two attached hydrogens (primary N) is 1. The topological polar surface area (TPSA) is 43.1 Å². The zero-order chi connectivity index (χ0) is 8.31. The van der Waals surface area contributed by atoms with Crippen molar-refractivity contribution >= 4 is 5.78 Å². The summed E-state index contributed by atoms with van der Waals surface area (Å²) in [5, 5.41) is 0. The summed E-state index contributed by atoms with van der Waals surface area (Å²) in [6, 6.07) is 0. The Morgan fingerprint density at radius 2 is 1.70 bits per heavy atom. The normalized spacial score (nSPS) is 13.3. The zero-order valence-electron chi connectivity index (χ0n) is 7.06. The first-order valence-corrected chi connectivity index (χ1v) is 3.44. The Morgan fingerprint density at radius 3 is 1.70 bits per heavy atom. The molecule has 0 saturated carbocycles. The van der Waals surface area contributed by atoms with E-state index in [1.165, 1.54) is 0 Å². The van der Waals surface area contributed by atoms with Gasteiger partial charge in [-0.2, -0.15) is 0 Å². The number of rotatable bonds is 2. The van der Waals surface area contributed by atoms with E-state index in [2.05, 4.69) is 0 Å². The average molecular weight is 141 g/mol. The van der Waals surface area contributed by atoms with Crippen LogP contribution in [0.3, 0.4) is 0 Å². The largest absolute Gasteiger partial charge is 0.402 e. The van der Waals surface area contributed by atoms with E-state index in [9.17, 15) is 4.79 Å². The van der Waals surface area contributed by atoms with Crippen LogP contribution in [-0.2, 0) is 4.79 Å². The maximum absolute atomic E-state index is 10.9. The minimum Gasteiger partial charge on any atom is -0.402 e. The van der Waals surface area contributed by atoms with Crippen LogP contribution in [-0.4, -0.2) is 5.78 Å². The van der Waals surface area contributed by atoms with E-state index in [0.717, 1.165) is 5.57 Å². The highest BCUT2D eigenvalue weighted by Gasteiger charge is 2.09. The summed E-state index contributed by atoms with van der Waals surface area (Å²) in [5.74, 6) is 0.317. The second-order valence-electron chi connectivity index (χ2n) is 2.81. The smallest absolute Gasteiger partial charge is 0.157 e. The predicted octanol–water partition coefficient (Wildman–Crippen LogP) is 1.46. The number of carbonyl (C=O) groups excluding carboxylic acids is 1. The molecule has 2 nitrogen and oxygen atoms in total. The number of ketones is 1. The minimum atomic E-state index is 0.0787. The van der Waals surface area contributed by atoms with Gasteiger partial charge in [-0.15, -0.1) is 0 Å². The van der Waals surface area contributed by atoms with Gasteiger partial charge in [0, 0.05) is 11.3 Å². The molecule has 0 aliphatic carbocycles. The molecule has 0 aromatic carbocycles. The summed E-state index contributed by atoms with van der Waals surface area (Å²) in [5.41, 5.74) is 6.89. The van der Waals surface area contributed by atoms with E-state index in [1.54, 1.807) is 13.8 Å². The van der Waals surface area contributed by atoms with Crippen molar-refractivity contribution < 1.29 is 4.79 Å². The number of Topliss-reactive ketones (excluding diaryl/α,β-unsaturated/α-hetero) is 1. The molecule has 0 bridgehead atoms. The molecule has 0 aliphatic rings. The van der Waals surface area contributed by atoms with E-state index >= 15 is 0 Å². The molecule has 0 spiro atoms. The van der Waals surface area contributed by atoms with Crippen molar-refractivity contribution in [1.29, 1.82) is 0 Å². The molecular weight excluding hydrogens is 126 g/mol. The summed E-state index contributed by atoms with van der Waals surface area (Å²) >= 11 is 0. The van der Waals surface area contributed by atoms with Gasteiger partial charge in [0.2, 0.25) is 0 Å². The monoisotopic (exact) mass is 141 g/mol. The average Bonchev–Trinajstić information content (AvgIpc) is 1.59. The fraction of sp³-hybridized carbons (Fsp3) is 0.625. The van der Waals surface area contributed by atoms with Crippen molar-refractivity contribution in [2.24, 2.45) is 11.7 Å². The van der Waals surface area contributed by atoms with Gasteiger partial charge >= 0.3 is 0 Å². The molecular formula is C8H15NO. The van der Waals surface area contributed by atoms with Gasteiger partial charge in [-0.25, -0.2) is 0 Å². The van der Waals surface area contributed by atoms with Crippen LogP contribution in [0, 0.1) is 5.92 Å². The van der Waals surface area contributed by atoms with Gasteiger partial charge < -0.3 is 5.73 Å². The van der Waals surface area contributed by atoms with Crippen molar-refractivity contribution in [3.8, 4) is 0 Å². The summed E-state index contributed by atoms with van der Waals surface area (Å²) in [7, 11) is 0. The van der Waals surface area contributed by atoms with E-state index < -0.39 is 0 Å². The van der Waals surface area contributed by atoms with Gasteiger partial charge in [0.1, 0.15) is 0 Å². The first-order valence-electron chi connectivity index (χ1n) is 3.44. The number of allylic oxidation sites excluding steroid dienone is 2. The van der Waals surface area contributed by atoms with Crippen molar-refractivity contribution in [1.82, 2.24) is 0 Å². The minimum absolute atomic E-state index is 0.0787. The fourth-order valence-corrected chi connectivity index (χ4v) is 1.14. The highest BCUT2D eigenvalue weighted by atomic mass is 16.1. The van der Waals surface area contributed by atoms with E-state index in [-0.39, 0.29) is 11.7 Å². The zero-order valence-corrected chi connectivity index (χ0v) is 7.06. The van der Waals surface area contributed by atoms with Crippen LogP contribution in [0.1, 0.15) is 27.7 Å². The Bertz CT molecular complexity index is 164. The van der Waals surface area contributed by atoms with Crippen LogP contribution < -0.4 is 5.73 Å². The molecule has 0 saturated heterocycles. The molecule has 0 atom stereocenters. The number of hydrogen-bond acceptors (Lipinski definition) is 2. The van der Waals surface area contributed by atoms with Crippen LogP contribution in [0.4, 0.5) is 0 Å². The highest BCUT2D eigenvalue weighted by Crippen LogP contribution is 2.12. The SMILES string of the molecule is CC(=O)C(=C(C)N)C(C)C. The standard InChI is InChI=1S/C8H15NO/c1-5(2)8(6(3)9)7(4)10/h5H,9H2,1-4H3. The van der Waals surface area contributed by atoms with Crippen LogP contribution in [0.25, 0.3) is 0 Å². The van der Waals surface area contributed by atoms with Gasteiger partial charge in [0.15, 0.2) is 5.78 Å². The van der Waals surface area contributed by atoms with Crippen molar-refractivity contribution in [3.05, 3.63) is 11.3 Å². The first kappa shape index (κ1) is 9.21. The lowest BCUT2D eigenvalue weighted by molar-refractivity contribution is -0.114. The highest BCUT2D eigenvalue weighted by molar-refractivity contribution is 5.94. The molecule has 0 aromatic heterocycles. The maximum atomic E-state index is 10.9. The Kier molecular flexibility index (Phi) is 3.13. The van der Waals surface area contributed by atoms with Gasteiger partial charge in [-0.1, -0.05) is 13.8 Å². The van der Waals surface area contributed by atoms with Crippen LogP contribution in [0.15, 0.2) is 11.3 Å².